The lowest BCUT2D eigenvalue weighted by atomic mass is 10.1. The van der Waals surface area contributed by atoms with E-state index in [1.165, 1.54) is 0 Å². The fourth-order valence-corrected chi connectivity index (χ4v) is 2.51. The standard InChI is InChI=1S/C16H13BrN2O2/c1-20-14-4-2-3-12-11(14)7-8-19-16(12)21-15-6-5-10(17)9-13(15)18/h2-9H,18H2,1H3. The molecule has 3 rings (SSSR count). The molecule has 2 N–H and O–H groups in total. The molecule has 0 spiro atoms. The Bertz CT molecular complexity index is 805. The third-order valence-electron chi connectivity index (χ3n) is 3.13. The van der Waals surface area contributed by atoms with Crippen LogP contribution >= 0.6 is 15.9 Å². The van der Waals surface area contributed by atoms with Gasteiger partial charge >= 0.3 is 0 Å². The van der Waals surface area contributed by atoms with E-state index in [0.29, 0.717) is 17.3 Å². The molecular weight excluding hydrogens is 332 g/mol. The normalized spacial score (nSPS) is 10.6. The van der Waals surface area contributed by atoms with Gasteiger partial charge in [-0.3, -0.25) is 0 Å². The van der Waals surface area contributed by atoms with Gasteiger partial charge in [-0.05, 0) is 36.4 Å². The molecule has 0 saturated heterocycles. The number of hydrogen-bond donors (Lipinski definition) is 1. The van der Waals surface area contributed by atoms with Crippen molar-refractivity contribution in [3.63, 3.8) is 0 Å². The molecule has 0 radical (unpaired) electrons. The van der Waals surface area contributed by atoms with Crippen LogP contribution in [0.1, 0.15) is 0 Å². The Morgan fingerprint density at radius 2 is 1.90 bits per heavy atom. The first-order valence-corrected chi connectivity index (χ1v) is 7.13. The number of benzene rings is 2. The van der Waals surface area contributed by atoms with Crippen LogP contribution in [0.3, 0.4) is 0 Å². The molecule has 0 atom stereocenters. The van der Waals surface area contributed by atoms with Gasteiger partial charge in [0.15, 0.2) is 5.75 Å². The molecule has 5 heteroatoms. The van der Waals surface area contributed by atoms with Crippen molar-refractivity contribution >= 4 is 32.4 Å². The van der Waals surface area contributed by atoms with Gasteiger partial charge < -0.3 is 15.2 Å². The first-order chi connectivity index (χ1) is 10.2. The number of nitrogens with zero attached hydrogens (tertiary/aromatic N) is 1. The third kappa shape index (κ3) is 2.64. The summed E-state index contributed by atoms with van der Waals surface area (Å²) >= 11 is 3.37. The highest BCUT2D eigenvalue weighted by Crippen LogP contribution is 2.35. The van der Waals surface area contributed by atoms with Crippen molar-refractivity contribution in [2.24, 2.45) is 0 Å². The molecule has 1 aromatic heterocycles. The summed E-state index contributed by atoms with van der Waals surface area (Å²) in [7, 11) is 1.64. The quantitative estimate of drug-likeness (QED) is 0.716. The van der Waals surface area contributed by atoms with Crippen LogP contribution in [0.5, 0.6) is 17.4 Å². The van der Waals surface area contributed by atoms with Gasteiger partial charge in [0.2, 0.25) is 5.88 Å². The summed E-state index contributed by atoms with van der Waals surface area (Å²) in [4.78, 5) is 4.30. The van der Waals surface area contributed by atoms with E-state index in [1.807, 2.05) is 30.3 Å². The number of halogens is 1. The number of fused-ring (bicyclic) bond motifs is 1. The van der Waals surface area contributed by atoms with E-state index in [9.17, 15) is 0 Å². The molecule has 0 fully saturated rings. The summed E-state index contributed by atoms with van der Waals surface area (Å²) in [5.74, 6) is 1.85. The minimum Gasteiger partial charge on any atom is -0.496 e. The van der Waals surface area contributed by atoms with E-state index >= 15 is 0 Å². The molecule has 0 saturated carbocycles. The average molecular weight is 345 g/mol. The molecule has 0 amide bonds. The fourth-order valence-electron chi connectivity index (χ4n) is 2.13. The zero-order chi connectivity index (χ0) is 14.8. The van der Waals surface area contributed by atoms with Crippen molar-refractivity contribution in [2.75, 3.05) is 12.8 Å². The van der Waals surface area contributed by atoms with Crippen LogP contribution in [-0.4, -0.2) is 12.1 Å². The summed E-state index contributed by atoms with van der Waals surface area (Å²) in [5, 5.41) is 1.82. The predicted molar refractivity (Wildman–Crippen MR) is 86.9 cm³/mol. The summed E-state index contributed by atoms with van der Waals surface area (Å²) in [5.41, 5.74) is 6.51. The average Bonchev–Trinajstić information content (AvgIpc) is 2.49. The van der Waals surface area contributed by atoms with Crippen molar-refractivity contribution in [1.82, 2.24) is 4.98 Å². The number of nitrogen functional groups attached to an aromatic ring is 1. The minimum atomic E-state index is 0.500. The fraction of sp³-hybridized carbons (Fsp3) is 0.0625. The van der Waals surface area contributed by atoms with Gasteiger partial charge in [0.25, 0.3) is 0 Å². The van der Waals surface area contributed by atoms with Crippen LogP contribution in [0.25, 0.3) is 10.8 Å². The Kier molecular flexibility index (Phi) is 3.66. The van der Waals surface area contributed by atoms with E-state index in [0.717, 1.165) is 21.0 Å². The number of nitrogens with two attached hydrogens (primary N) is 1. The molecule has 0 unspecified atom stereocenters. The van der Waals surface area contributed by atoms with Crippen LogP contribution < -0.4 is 15.2 Å². The van der Waals surface area contributed by atoms with Crippen LogP contribution in [-0.2, 0) is 0 Å². The molecule has 0 bridgehead atoms. The maximum Gasteiger partial charge on any atom is 0.227 e. The Morgan fingerprint density at radius 3 is 2.67 bits per heavy atom. The number of methoxy groups -OCH3 is 1. The number of rotatable bonds is 3. The third-order valence-corrected chi connectivity index (χ3v) is 3.62. The van der Waals surface area contributed by atoms with E-state index in [1.54, 1.807) is 25.4 Å². The molecule has 0 aliphatic carbocycles. The van der Waals surface area contributed by atoms with E-state index in [2.05, 4.69) is 20.9 Å². The first kappa shape index (κ1) is 13.7. The Balaban J connectivity index is 2.08. The van der Waals surface area contributed by atoms with Crippen molar-refractivity contribution < 1.29 is 9.47 Å². The van der Waals surface area contributed by atoms with Gasteiger partial charge in [-0.25, -0.2) is 4.98 Å². The number of aromatic nitrogens is 1. The van der Waals surface area contributed by atoms with Gasteiger partial charge in [-0.15, -0.1) is 0 Å². The zero-order valence-electron chi connectivity index (χ0n) is 11.3. The molecule has 2 aromatic carbocycles. The predicted octanol–water partition coefficient (Wildman–Crippen LogP) is 4.38. The second kappa shape index (κ2) is 5.61. The number of ether oxygens (including phenoxy) is 2. The molecule has 0 aliphatic rings. The van der Waals surface area contributed by atoms with Gasteiger partial charge in [-0.1, -0.05) is 22.0 Å². The largest absolute Gasteiger partial charge is 0.496 e. The van der Waals surface area contributed by atoms with E-state index in [4.69, 9.17) is 15.2 Å². The second-order valence-corrected chi connectivity index (χ2v) is 5.37. The molecule has 3 aromatic rings. The lowest BCUT2D eigenvalue weighted by Crippen LogP contribution is -1.95. The maximum atomic E-state index is 5.96. The summed E-state index contributed by atoms with van der Waals surface area (Å²) in [6.07, 6.45) is 1.69. The molecule has 21 heavy (non-hydrogen) atoms. The molecule has 4 nitrogen and oxygen atoms in total. The summed E-state index contributed by atoms with van der Waals surface area (Å²) < 4.78 is 12.1. The lowest BCUT2D eigenvalue weighted by molar-refractivity contribution is 0.419. The zero-order valence-corrected chi connectivity index (χ0v) is 12.9. The highest BCUT2D eigenvalue weighted by atomic mass is 79.9. The smallest absolute Gasteiger partial charge is 0.227 e. The topological polar surface area (TPSA) is 57.4 Å². The van der Waals surface area contributed by atoms with Crippen molar-refractivity contribution in [2.45, 2.75) is 0 Å². The van der Waals surface area contributed by atoms with Crippen molar-refractivity contribution in [1.29, 1.82) is 0 Å². The second-order valence-electron chi connectivity index (χ2n) is 4.46. The minimum absolute atomic E-state index is 0.500. The van der Waals surface area contributed by atoms with E-state index < -0.39 is 0 Å². The van der Waals surface area contributed by atoms with Crippen molar-refractivity contribution in [3.8, 4) is 17.4 Å². The summed E-state index contributed by atoms with van der Waals surface area (Å²) in [6.45, 7) is 0. The van der Waals surface area contributed by atoms with Crippen molar-refractivity contribution in [3.05, 3.63) is 53.1 Å². The number of hydrogen-bond acceptors (Lipinski definition) is 4. The molecule has 106 valence electrons. The van der Waals surface area contributed by atoms with Gasteiger partial charge in [0.1, 0.15) is 5.75 Å². The van der Waals surface area contributed by atoms with Gasteiger partial charge in [-0.2, -0.15) is 0 Å². The SMILES string of the molecule is COc1cccc2c(Oc3ccc(Br)cc3N)nccc12. The van der Waals surface area contributed by atoms with Crippen LogP contribution in [0.15, 0.2) is 53.1 Å². The number of anilines is 1. The first-order valence-electron chi connectivity index (χ1n) is 6.33. The summed E-state index contributed by atoms with van der Waals surface area (Å²) in [6, 6.07) is 13.1. The van der Waals surface area contributed by atoms with Crippen LogP contribution in [0, 0.1) is 0 Å². The Hall–Kier alpha value is -2.27. The highest BCUT2D eigenvalue weighted by Gasteiger charge is 2.10. The molecule has 0 aliphatic heterocycles. The maximum absolute atomic E-state index is 5.96. The highest BCUT2D eigenvalue weighted by molar-refractivity contribution is 9.10. The Labute approximate surface area is 130 Å². The lowest BCUT2D eigenvalue weighted by Gasteiger charge is -2.11. The van der Waals surface area contributed by atoms with Crippen LogP contribution in [0.2, 0.25) is 0 Å². The monoisotopic (exact) mass is 344 g/mol. The molecule has 1 heterocycles. The van der Waals surface area contributed by atoms with Crippen LogP contribution in [0.4, 0.5) is 5.69 Å². The van der Waals surface area contributed by atoms with Gasteiger partial charge in [0.05, 0.1) is 12.8 Å². The Morgan fingerprint density at radius 1 is 1.05 bits per heavy atom. The molecular formula is C16H13BrN2O2. The van der Waals surface area contributed by atoms with Gasteiger partial charge in [0, 0.05) is 21.4 Å². The van der Waals surface area contributed by atoms with E-state index in [-0.39, 0.29) is 0 Å². The number of pyridine rings is 1.